The van der Waals surface area contributed by atoms with Gasteiger partial charge in [0, 0.05) is 18.1 Å². The second kappa shape index (κ2) is 5.53. The van der Waals surface area contributed by atoms with Crippen molar-refractivity contribution in [3.8, 4) is 0 Å². The van der Waals surface area contributed by atoms with Gasteiger partial charge in [0.25, 0.3) is 0 Å². The van der Waals surface area contributed by atoms with Crippen molar-refractivity contribution in [2.45, 2.75) is 31.5 Å². The first-order chi connectivity index (χ1) is 10.3. The Kier molecular flexibility index (Phi) is 3.84. The summed E-state index contributed by atoms with van der Waals surface area (Å²) < 4.78 is 0. The molecule has 2 heterocycles. The van der Waals surface area contributed by atoms with Crippen LogP contribution in [-0.2, 0) is 11.2 Å². The molecule has 2 aromatic rings. The zero-order chi connectivity index (χ0) is 15.9. The van der Waals surface area contributed by atoms with Crippen LogP contribution in [0.4, 0.5) is 0 Å². The van der Waals surface area contributed by atoms with Crippen LogP contribution < -0.4 is 0 Å². The number of aromatic nitrogens is 2. The van der Waals surface area contributed by atoms with Gasteiger partial charge >= 0.3 is 0 Å². The van der Waals surface area contributed by atoms with Crippen LogP contribution in [0.25, 0.3) is 11.0 Å². The highest BCUT2D eigenvalue weighted by Gasteiger charge is 2.37. The molecule has 0 bridgehead atoms. The summed E-state index contributed by atoms with van der Waals surface area (Å²) in [6.07, 6.45) is -0.448. The number of amides is 1. The summed E-state index contributed by atoms with van der Waals surface area (Å²) in [5.74, 6) is 0.439. The smallest absolute Gasteiger partial charge is 0.230 e. The van der Waals surface area contributed by atoms with Crippen molar-refractivity contribution in [2.75, 3.05) is 13.1 Å². The van der Waals surface area contributed by atoms with Crippen molar-refractivity contribution >= 4 is 28.5 Å². The Morgan fingerprint density at radius 1 is 1.59 bits per heavy atom. The zero-order valence-corrected chi connectivity index (χ0v) is 13.0. The molecule has 118 valence electrons. The fourth-order valence-electron chi connectivity index (χ4n) is 2.62. The number of hydrogen-bond acceptors (Lipinski definition) is 4. The third-order valence-corrected chi connectivity index (χ3v) is 4.40. The molecule has 0 spiro atoms. The number of fused-ring (bicyclic) bond motifs is 1. The lowest BCUT2D eigenvalue weighted by Gasteiger charge is -2.39. The van der Waals surface area contributed by atoms with E-state index in [1.807, 2.05) is 0 Å². The number of aliphatic hydroxyl groups excluding tert-OH is 1. The SMILES string of the molecule is CC1(O)CCN(C(=O)Cc2nc3ccc(Cl)cc3[nH]2)CC1O. The summed E-state index contributed by atoms with van der Waals surface area (Å²) in [6, 6.07) is 5.31. The van der Waals surface area contributed by atoms with Crippen LogP contribution in [0.1, 0.15) is 19.2 Å². The number of piperidine rings is 1. The molecule has 1 aromatic carbocycles. The molecular formula is C15H18ClN3O3. The maximum Gasteiger partial charge on any atom is 0.230 e. The molecule has 1 saturated heterocycles. The fourth-order valence-corrected chi connectivity index (χ4v) is 2.80. The van der Waals surface area contributed by atoms with E-state index in [4.69, 9.17) is 11.6 Å². The van der Waals surface area contributed by atoms with Crippen molar-refractivity contribution in [1.29, 1.82) is 0 Å². The number of nitrogens with zero attached hydrogens (tertiary/aromatic N) is 2. The highest BCUT2D eigenvalue weighted by Crippen LogP contribution is 2.23. The van der Waals surface area contributed by atoms with Gasteiger partial charge in [-0.15, -0.1) is 0 Å². The van der Waals surface area contributed by atoms with Crippen molar-refractivity contribution in [3.63, 3.8) is 0 Å². The number of rotatable bonds is 2. The van der Waals surface area contributed by atoms with E-state index in [-0.39, 0.29) is 18.9 Å². The van der Waals surface area contributed by atoms with Crippen LogP contribution in [0.15, 0.2) is 18.2 Å². The zero-order valence-electron chi connectivity index (χ0n) is 12.2. The predicted molar refractivity (Wildman–Crippen MR) is 82.6 cm³/mol. The number of benzene rings is 1. The Morgan fingerprint density at radius 2 is 2.36 bits per heavy atom. The van der Waals surface area contributed by atoms with E-state index < -0.39 is 11.7 Å². The standard InChI is InChI=1S/C15H18ClN3O3/c1-15(22)4-5-19(8-12(15)20)14(21)7-13-17-10-3-2-9(16)6-11(10)18-13/h2-3,6,12,20,22H,4-5,7-8H2,1H3,(H,17,18). The van der Waals surface area contributed by atoms with E-state index in [1.165, 1.54) is 0 Å². The van der Waals surface area contributed by atoms with Gasteiger partial charge in [0.05, 0.1) is 29.2 Å². The van der Waals surface area contributed by atoms with Gasteiger partial charge in [0.1, 0.15) is 5.82 Å². The van der Waals surface area contributed by atoms with E-state index in [1.54, 1.807) is 30.0 Å². The number of aromatic amines is 1. The number of imidazole rings is 1. The summed E-state index contributed by atoms with van der Waals surface area (Å²) in [4.78, 5) is 21.3. The molecule has 3 rings (SSSR count). The normalized spacial score (nSPS) is 25.6. The van der Waals surface area contributed by atoms with Gasteiger partial charge in [0.15, 0.2) is 0 Å². The molecule has 22 heavy (non-hydrogen) atoms. The third kappa shape index (κ3) is 2.95. The number of aliphatic hydroxyl groups is 2. The van der Waals surface area contributed by atoms with Gasteiger partial charge in [-0.3, -0.25) is 4.79 Å². The molecule has 0 radical (unpaired) electrons. The first-order valence-corrected chi connectivity index (χ1v) is 7.55. The lowest BCUT2D eigenvalue weighted by Crippen LogP contribution is -2.55. The maximum atomic E-state index is 12.3. The fraction of sp³-hybridized carbons (Fsp3) is 0.467. The number of nitrogens with one attached hydrogen (secondary N) is 1. The average Bonchev–Trinajstić information content (AvgIpc) is 2.83. The predicted octanol–water partition coefficient (Wildman–Crippen LogP) is 1.10. The highest BCUT2D eigenvalue weighted by molar-refractivity contribution is 6.31. The third-order valence-electron chi connectivity index (χ3n) is 4.16. The van der Waals surface area contributed by atoms with Gasteiger partial charge in [-0.25, -0.2) is 4.98 Å². The Balaban J connectivity index is 1.71. The summed E-state index contributed by atoms with van der Waals surface area (Å²) >= 11 is 5.92. The first-order valence-electron chi connectivity index (χ1n) is 7.17. The van der Waals surface area contributed by atoms with Crippen LogP contribution in [0.5, 0.6) is 0 Å². The molecule has 0 aliphatic carbocycles. The molecule has 1 aliphatic rings. The van der Waals surface area contributed by atoms with Gasteiger partial charge < -0.3 is 20.1 Å². The number of likely N-dealkylation sites (tertiary alicyclic amines) is 1. The van der Waals surface area contributed by atoms with E-state index >= 15 is 0 Å². The molecule has 3 N–H and O–H groups in total. The van der Waals surface area contributed by atoms with Crippen molar-refractivity contribution in [2.24, 2.45) is 0 Å². The van der Waals surface area contributed by atoms with Crippen molar-refractivity contribution in [1.82, 2.24) is 14.9 Å². The topological polar surface area (TPSA) is 89.5 Å². The number of hydrogen-bond donors (Lipinski definition) is 3. The number of H-pyrrole nitrogens is 1. The number of carbonyl (C=O) groups is 1. The molecule has 6 nitrogen and oxygen atoms in total. The first kappa shape index (κ1) is 15.3. The Bertz CT molecular complexity index is 713. The summed E-state index contributed by atoms with van der Waals surface area (Å²) in [7, 11) is 0. The maximum absolute atomic E-state index is 12.3. The molecule has 1 aromatic heterocycles. The van der Waals surface area contributed by atoms with E-state index in [9.17, 15) is 15.0 Å². The van der Waals surface area contributed by atoms with Crippen LogP contribution in [-0.4, -0.2) is 55.8 Å². The number of carbonyl (C=O) groups excluding carboxylic acids is 1. The molecule has 0 saturated carbocycles. The molecule has 1 amide bonds. The van der Waals surface area contributed by atoms with Crippen LogP contribution in [0, 0.1) is 0 Å². The molecule has 1 fully saturated rings. The lowest BCUT2D eigenvalue weighted by molar-refractivity contribution is -0.145. The van der Waals surface area contributed by atoms with Gasteiger partial charge in [-0.05, 0) is 31.5 Å². The van der Waals surface area contributed by atoms with Crippen LogP contribution in [0.3, 0.4) is 0 Å². The second-order valence-electron chi connectivity index (χ2n) is 5.98. The Hall–Kier alpha value is -1.63. The van der Waals surface area contributed by atoms with Gasteiger partial charge in [0.2, 0.25) is 5.91 Å². The number of halogens is 1. The summed E-state index contributed by atoms with van der Waals surface area (Å²) in [6.45, 7) is 2.15. The van der Waals surface area contributed by atoms with Gasteiger partial charge in [-0.1, -0.05) is 11.6 Å². The van der Waals surface area contributed by atoms with E-state index in [0.717, 1.165) is 11.0 Å². The Morgan fingerprint density at radius 3 is 3.09 bits per heavy atom. The minimum Gasteiger partial charge on any atom is -0.388 e. The quantitative estimate of drug-likeness (QED) is 0.772. The highest BCUT2D eigenvalue weighted by atomic mass is 35.5. The van der Waals surface area contributed by atoms with Gasteiger partial charge in [-0.2, -0.15) is 0 Å². The van der Waals surface area contributed by atoms with E-state index in [2.05, 4.69) is 9.97 Å². The Labute approximate surface area is 132 Å². The van der Waals surface area contributed by atoms with Crippen LogP contribution in [0.2, 0.25) is 5.02 Å². The summed E-state index contributed by atoms with van der Waals surface area (Å²) in [5.41, 5.74) is 0.415. The minimum atomic E-state index is -1.13. The molecule has 2 unspecified atom stereocenters. The number of β-amino-alcohol motifs (C(OH)–C–C–N with tert-alkyl or cyclic N) is 1. The lowest BCUT2D eigenvalue weighted by atomic mass is 9.90. The van der Waals surface area contributed by atoms with E-state index in [0.29, 0.717) is 23.8 Å². The summed E-state index contributed by atoms with van der Waals surface area (Å²) in [5, 5.41) is 20.4. The van der Waals surface area contributed by atoms with Crippen LogP contribution >= 0.6 is 11.6 Å². The minimum absolute atomic E-state index is 0.125. The monoisotopic (exact) mass is 323 g/mol. The molecular weight excluding hydrogens is 306 g/mol. The molecule has 7 heteroatoms. The van der Waals surface area contributed by atoms with Crippen molar-refractivity contribution in [3.05, 3.63) is 29.0 Å². The largest absolute Gasteiger partial charge is 0.388 e. The molecule has 1 aliphatic heterocycles. The molecule has 2 atom stereocenters. The van der Waals surface area contributed by atoms with Crippen molar-refractivity contribution < 1.29 is 15.0 Å². The average molecular weight is 324 g/mol. The second-order valence-corrected chi connectivity index (χ2v) is 6.42.